The number of fused-ring (bicyclic) bond motifs is 3. The van der Waals surface area contributed by atoms with Crippen molar-refractivity contribution in [2.75, 3.05) is 13.7 Å². The Morgan fingerprint density at radius 2 is 1.82 bits per heavy atom. The molecule has 5 rings (SSSR count). The van der Waals surface area contributed by atoms with Gasteiger partial charge in [-0.1, -0.05) is 12.1 Å². The number of carbonyl (C=O) groups is 3. The van der Waals surface area contributed by atoms with Gasteiger partial charge in [-0.2, -0.15) is 0 Å². The van der Waals surface area contributed by atoms with Crippen LogP contribution in [0.1, 0.15) is 68.8 Å². The van der Waals surface area contributed by atoms with Crippen LogP contribution in [0.5, 0.6) is 17.2 Å². The second-order valence-electron chi connectivity index (χ2n) is 10.3. The largest absolute Gasteiger partial charge is 1.00 e. The molecule has 6 atom stereocenters. The van der Waals surface area contributed by atoms with Crippen LogP contribution in [0.2, 0.25) is 0 Å². The first-order valence-electron chi connectivity index (χ1n) is 12.5. The van der Waals surface area contributed by atoms with Gasteiger partial charge in [0.05, 0.1) is 42.4 Å². The number of rotatable bonds is 5. The van der Waals surface area contributed by atoms with Crippen LogP contribution >= 0.6 is 0 Å². The number of benzene rings is 2. The predicted molar refractivity (Wildman–Crippen MR) is 130 cm³/mol. The van der Waals surface area contributed by atoms with Gasteiger partial charge in [-0.25, -0.2) is 0 Å². The third-order valence-electron chi connectivity index (χ3n) is 7.88. The number of aromatic hydroxyl groups is 2. The number of Topliss-reactive ketones (excluding diaryl/α,β-unsaturated/α-hetero) is 1. The molecule has 12 nitrogen and oxygen atoms in total. The average Bonchev–Trinajstić information content (AvgIpc) is 2.90. The third kappa shape index (κ3) is 4.45. The minimum atomic E-state index is -2.23. The Kier molecular flexibility index (Phi) is 8.00. The molecule has 40 heavy (non-hydrogen) atoms. The summed E-state index contributed by atoms with van der Waals surface area (Å²) in [5, 5.41) is 53.8. The van der Waals surface area contributed by atoms with Gasteiger partial charge in [0.1, 0.15) is 41.6 Å². The minimum absolute atomic E-state index is 0. The van der Waals surface area contributed by atoms with E-state index in [9.17, 15) is 39.9 Å². The first kappa shape index (κ1) is 29.9. The van der Waals surface area contributed by atoms with E-state index in [1.54, 1.807) is 6.92 Å². The van der Waals surface area contributed by atoms with Crippen LogP contribution < -0.4 is 22.9 Å². The summed E-state index contributed by atoms with van der Waals surface area (Å²) in [4.78, 5) is 39.8. The Labute approximate surface area is 234 Å². The summed E-state index contributed by atoms with van der Waals surface area (Å²) in [5.74, 6) is -3.71. The lowest BCUT2D eigenvalue weighted by Gasteiger charge is -2.41. The molecule has 0 aromatic heterocycles. The molecular weight excluding hydrogens is 550 g/mol. The van der Waals surface area contributed by atoms with Crippen molar-refractivity contribution < 1.29 is 72.3 Å². The molecule has 1 aliphatic heterocycles. The van der Waals surface area contributed by atoms with E-state index >= 15 is 0 Å². The summed E-state index contributed by atoms with van der Waals surface area (Å²) in [6, 6.07) is 3.90. The van der Waals surface area contributed by atoms with Crippen molar-refractivity contribution in [3.8, 4) is 17.2 Å². The third-order valence-corrected chi connectivity index (χ3v) is 7.88. The molecule has 3 aliphatic rings. The number of ketones is 3. The Hall–Kier alpha value is -3.10. The van der Waals surface area contributed by atoms with Gasteiger partial charge in [-0.15, -0.1) is 0 Å². The number of phenols is 2. The van der Waals surface area contributed by atoms with Crippen LogP contribution in [-0.2, 0) is 20.7 Å². The lowest BCUT2D eigenvalue weighted by atomic mass is 9.72. The predicted octanol–water partition coefficient (Wildman–Crippen LogP) is -3.71. The van der Waals surface area contributed by atoms with E-state index in [1.165, 1.54) is 25.3 Å². The second kappa shape index (κ2) is 10.7. The monoisotopic (exact) mass is 579 g/mol. The van der Waals surface area contributed by atoms with E-state index in [0.717, 1.165) is 0 Å². The number of quaternary nitrogens is 1. The smallest absolute Gasteiger partial charge is 0.202 e. The lowest BCUT2D eigenvalue weighted by molar-refractivity contribution is -0.466. The highest BCUT2D eigenvalue weighted by atomic mass is 35.5. The van der Waals surface area contributed by atoms with E-state index in [0.29, 0.717) is 0 Å². The van der Waals surface area contributed by atoms with Crippen molar-refractivity contribution in [3.63, 3.8) is 0 Å². The van der Waals surface area contributed by atoms with E-state index in [4.69, 9.17) is 14.2 Å². The number of aliphatic hydroxyl groups excluding tert-OH is 2. The number of ether oxygens (including phenoxy) is 3. The standard InChI is InChI=1S/C27H29NO11.ClH/c1-10-22(31)13(28)6-17(38-10)39-15-8-27(36,16(30)9-29)7-12-19(15)26(35)21-20(24(12)33)23(32)11-4-3-5-14(37-2)18(11)25(21)34;/h3-5,10,13,15,17,22,29,31,33,35-36H,6-9,28H2,1-2H3;1H. The molecule has 13 heteroatoms. The Bertz CT molecular complexity index is 1380. The number of aliphatic hydroxyl groups is 3. The Morgan fingerprint density at radius 1 is 1.15 bits per heavy atom. The fourth-order valence-electron chi connectivity index (χ4n) is 5.81. The number of carbonyl (C=O) groups excluding carboxylic acids is 3. The number of methoxy groups -OCH3 is 1. The summed E-state index contributed by atoms with van der Waals surface area (Å²) in [6.45, 7) is 0.610. The molecule has 2 aliphatic carbocycles. The summed E-state index contributed by atoms with van der Waals surface area (Å²) in [5.41, 5.74) is 0.362. The molecule has 2 aromatic carbocycles. The van der Waals surface area contributed by atoms with Crippen LogP contribution in [0.4, 0.5) is 0 Å². The fraction of sp³-hybridized carbons (Fsp3) is 0.444. The molecule has 0 amide bonds. The molecule has 216 valence electrons. The maximum Gasteiger partial charge on any atom is 0.202 e. The summed E-state index contributed by atoms with van der Waals surface area (Å²) < 4.78 is 17.1. The van der Waals surface area contributed by atoms with Gasteiger partial charge in [0, 0.05) is 29.5 Å². The van der Waals surface area contributed by atoms with Crippen LogP contribution in [0.25, 0.3) is 0 Å². The SMILES string of the molecule is COc1cccc2c1C(=O)c1c(O)c3c(c(O)c1C2=O)CC(O)(C(=O)CO)CC3OC1CC([NH3+])C(O)C(C)O1.[Cl-]. The van der Waals surface area contributed by atoms with E-state index < -0.39 is 95.7 Å². The topological polar surface area (TPSA) is 208 Å². The van der Waals surface area contributed by atoms with Gasteiger partial charge in [0.25, 0.3) is 0 Å². The molecule has 0 spiro atoms. The normalized spacial score (nSPS) is 29.1. The van der Waals surface area contributed by atoms with E-state index in [1.807, 2.05) is 0 Å². The zero-order valence-corrected chi connectivity index (χ0v) is 22.5. The number of phenolic OH excluding ortho intramolecular Hbond substituents is 2. The molecule has 1 fully saturated rings. The Balaban J connectivity index is 0.00000370. The second-order valence-corrected chi connectivity index (χ2v) is 10.3. The molecule has 0 bridgehead atoms. The van der Waals surface area contributed by atoms with Crippen LogP contribution in [0.3, 0.4) is 0 Å². The van der Waals surface area contributed by atoms with Crippen molar-refractivity contribution in [2.24, 2.45) is 0 Å². The molecule has 0 radical (unpaired) electrons. The van der Waals surface area contributed by atoms with E-state index in [-0.39, 0.29) is 46.8 Å². The average molecular weight is 580 g/mol. The van der Waals surface area contributed by atoms with Crippen molar-refractivity contribution in [1.82, 2.24) is 0 Å². The fourth-order valence-corrected chi connectivity index (χ4v) is 5.81. The van der Waals surface area contributed by atoms with Crippen molar-refractivity contribution in [3.05, 3.63) is 51.6 Å². The van der Waals surface area contributed by atoms with Crippen molar-refractivity contribution in [1.29, 1.82) is 0 Å². The highest BCUT2D eigenvalue weighted by molar-refractivity contribution is 6.31. The molecule has 1 saturated heterocycles. The van der Waals surface area contributed by atoms with Crippen LogP contribution in [0.15, 0.2) is 18.2 Å². The molecule has 0 saturated carbocycles. The van der Waals surface area contributed by atoms with Gasteiger partial charge in [0.15, 0.2) is 17.9 Å². The van der Waals surface area contributed by atoms with Gasteiger partial charge in [0.2, 0.25) is 5.78 Å². The van der Waals surface area contributed by atoms with E-state index in [2.05, 4.69) is 5.73 Å². The summed E-state index contributed by atoms with van der Waals surface area (Å²) in [7, 11) is 1.33. The first-order chi connectivity index (χ1) is 18.4. The van der Waals surface area contributed by atoms with Gasteiger partial charge < -0.3 is 57.9 Å². The molecule has 6 unspecified atom stereocenters. The zero-order chi connectivity index (χ0) is 28.4. The lowest BCUT2D eigenvalue weighted by Crippen LogP contribution is -3.00. The van der Waals surface area contributed by atoms with Crippen LogP contribution in [0, 0.1) is 0 Å². The number of hydrogen-bond donors (Lipinski definition) is 6. The minimum Gasteiger partial charge on any atom is -1.00 e. The quantitative estimate of drug-likeness (QED) is 0.162. The molecule has 2 aromatic rings. The summed E-state index contributed by atoms with van der Waals surface area (Å²) >= 11 is 0. The summed E-state index contributed by atoms with van der Waals surface area (Å²) in [6.07, 6.45) is -4.72. The maximum atomic E-state index is 13.7. The molecule has 8 N–H and O–H groups in total. The molecular formula is C27H30ClNO11. The molecule has 1 heterocycles. The Morgan fingerprint density at radius 3 is 2.45 bits per heavy atom. The number of hydrogen-bond acceptors (Lipinski definition) is 11. The van der Waals surface area contributed by atoms with Crippen molar-refractivity contribution >= 4 is 17.3 Å². The van der Waals surface area contributed by atoms with Gasteiger partial charge in [-0.3, -0.25) is 14.4 Å². The van der Waals surface area contributed by atoms with Crippen molar-refractivity contribution in [2.45, 2.75) is 62.4 Å². The highest BCUT2D eigenvalue weighted by Gasteiger charge is 2.50. The zero-order valence-electron chi connectivity index (χ0n) is 21.7. The van der Waals surface area contributed by atoms with Gasteiger partial charge in [-0.05, 0) is 13.0 Å². The van der Waals surface area contributed by atoms with Crippen LogP contribution in [-0.4, -0.2) is 86.7 Å². The van der Waals surface area contributed by atoms with Gasteiger partial charge >= 0.3 is 0 Å². The highest BCUT2D eigenvalue weighted by Crippen LogP contribution is 2.52. The maximum absolute atomic E-state index is 13.7. The number of halogens is 1. The first-order valence-corrected chi connectivity index (χ1v) is 12.5.